The predicted molar refractivity (Wildman–Crippen MR) is 107 cm³/mol. The molecule has 0 aliphatic heterocycles. The number of para-hydroxylation sites is 3. The zero-order valence-corrected chi connectivity index (χ0v) is 15.3. The van der Waals surface area contributed by atoms with Crippen molar-refractivity contribution in [3.05, 3.63) is 65.9 Å². The van der Waals surface area contributed by atoms with Crippen molar-refractivity contribution in [1.29, 1.82) is 10.5 Å². The number of nitriles is 2. The molecule has 1 heterocycles. The lowest BCUT2D eigenvalue weighted by molar-refractivity contribution is -0.112. The molecule has 0 bridgehead atoms. The summed E-state index contributed by atoms with van der Waals surface area (Å²) in [7, 11) is 1.52. The third-order valence-corrected chi connectivity index (χ3v) is 4.30. The zero-order chi connectivity index (χ0) is 19.9. The lowest BCUT2D eigenvalue weighted by Gasteiger charge is -2.09. The summed E-state index contributed by atoms with van der Waals surface area (Å²) in [6.45, 7) is 0.542. The number of fused-ring (bicyclic) bond motifs is 1. The van der Waals surface area contributed by atoms with Gasteiger partial charge in [-0.3, -0.25) is 4.79 Å². The van der Waals surface area contributed by atoms with E-state index >= 15 is 0 Å². The van der Waals surface area contributed by atoms with Gasteiger partial charge in [0, 0.05) is 29.2 Å². The molecular weight excluding hydrogens is 352 g/mol. The molecule has 0 saturated heterocycles. The number of rotatable bonds is 6. The normalized spacial score (nSPS) is 10.9. The Balaban J connectivity index is 1.95. The fraction of sp³-hybridized carbons (Fsp3) is 0.136. The van der Waals surface area contributed by atoms with Crippen molar-refractivity contribution < 1.29 is 9.53 Å². The quantitative estimate of drug-likeness (QED) is 0.522. The topological polar surface area (TPSA) is 90.8 Å². The van der Waals surface area contributed by atoms with Crippen LogP contribution in [0.1, 0.15) is 12.0 Å². The molecule has 6 nitrogen and oxygen atoms in total. The number of carbonyl (C=O) groups is 1. The number of nitrogens with one attached hydrogen (secondary N) is 1. The molecule has 0 aliphatic rings. The highest BCUT2D eigenvalue weighted by Gasteiger charge is 2.14. The van der Waals surface area contributed by atoms with Crippen molar-refractivity contribution in [2.45, 2.75) is 13.0 Å². The van der Waals surface area contributed by atoms with Crippen LogP contribution in [0, 0.1) is 22.7 Å². The maximum atomic E-state index is 12.6. The predicted octanol–water partition coefficient (Wildman–Crippen LogP) is 4.11. The molecule has 28 heavy (non-hydrogen) atoms. The SMILES string of the molecule is COc1ccccc1NC(=O)C(C#N)=Cc1cn(CCC#N)c2ccccc12. The van der Waals surface area contributed by atoms with Gasteiger partial charge in [-0.1, -0.05) is 30.3 Å². The number of carbonyl (C=O) groups excluding carboxylic acids is 1. The lowest BCUT2D eigenvalue weighted by Crippen LogP contribution is -2.14. The van der Waals surface area contributed by atoms with Crippen LogP contribution >= 0.6 is 0 Å². The van der Waals surface area contributed by atoms with Gasteiger partial charge in [-0.05, 0) is 24.3 Å². The van der Waals surface area contributed by atoms with Crippen LogP contribution in [0.3, 0.4) is 0 Å². The molecule has 0 aliphatic carbocycles. The summed E-state index contributed by atoms with van der Waals surface area (Å²) in [5.41, 5.74) is 2.17. The molecule has 138 valence electrons. The summed E-state index contributed by atoms with van der Waals surface area (Å²) >= 11 is 0. The molecule has 0 unspecified atom stereocenters. The highest BCUT2D eigenvalue weighted by Crippen LogP contribution is 2.26. The number of methoxy groups -OCH3 is 1. The molecule has 0 saturated carbocycles. The van der Waals surface area contributed by atoms with Crippen LogP contribution < -0.4 is 10.1 Å². The molecular formula is C22H18N4O2. The molecule has 3 rings (SSSR count). The van der Waals surface area contributed by atoms with E-state index < -0.39 is 5.91 Å². The van der Waals surface area contributed by atoms with Gasteiger partial charge in [0.2, 0.25) is 0 Å². The highest BCUT2D eigenvalue weighted by molar-refractivity contribution is 6.11. The van der Waals surface area contributed by atoms with E-state index in [0.29, 0.717) is 24.4 Å². The van der Waals surface area contributed by atoms with Gasteiger partial charge in [0.25, 0.3) is 5.91 Å². The lowest BCUT2D eigenvalue weighted by atomic mass is 10.1. The van der Waals surface area contributed by atoms with Crippen molar-refractivity contribution >= 4 is 28.6 Å². The van der Waals surface area contributed by atoms with Gasteiger partial charge in [-0.25, -0.2) is 0 Å². The Kier molecular flexibility index (Phi) is 5.74. The Morgan fingerprint density at radius 3 is 2.68 bits per heavy atom. The van der Waals surface area contributed by atoms with Crippen LogP contribution in [0.15, 0.2) is 60.3 Å². The van der Waals surface area contributed by atoms with Gasteiger partial charge < -0.3 is 14.6 Å². The number of anilines is 1. The van der Waals surface area contributed by atoms with Gasteiger partial charge in [0.05, 0.1) is 25.3 Å². The van der Waals surface area contributed by atoms with E-state index in [0.717, 1.165) is 16.5 Å². The van der Waals surface area contributed by atoms with Crippen LogP contribution in [0.25, 0.3) is 17.0 Å². The summed E-state index contributed by atoms with van der Waals surface area (Å²) < 4.78 is 7.19. The van der Waals surface area contributed by atoms with E-state index in [1.54, 1.807) is 30.3 Å². The number of nitrogens with zero attached hydrogens (tertiary/aromatic N) is 3. The first-order valence-corrected chi connectivity index (χ1v) is 8.69. The average Bonchev–Trinajstić information content (AvgIpc) is 3.08. The fourth-order valence-electron chi connectivity index (χ4n) is 2.99. The van der Waals surface area contributed by atoms with Crippen molar-refractivity contribution in [2.24, 2.45) is 0 Å². The number of aromatic nitrogens is 1. The monoisotopic (exact) mass is 370 g/mol. The minimum Gasteiger partial charge on any atom is -0.495 e. The third-order valence-electron chi connectivity index (χ3n) is 4.30. The Morgan fingerprint density at radius 2 is 1.93 bits per heavy atom. The molecule has 2 aromatic carbocycles. The summed E-state index contributed by atoms with van der Waals surface area (Å²) in [5.74, 6) is 0.00195. The van der Waals surface area contributed by atoms with Crippen molar-refractivity contribution in [3.63, 3.8) is 0 Å². The largest absolute Gasteiger partial charge is 0.495 e. The highest BCUT2D eigenvalue weighted by atomic mass is 16.5. The molecule has 0 radical (unpaired) electrons. The molecule has 3 aromatic rings. The number of benzene rings is 2. The van der Waals surface area contributed by atoms with Gasteiger partial charge in [0.15, 0.2) is 0 Å². The average molecular weight is 370 g/mol. The second kappa shape index (κ2) is 8.57. The van der Waals surface area contributed by atoms with E-state index in [4.69, 9.17) is 10.00 Å². The summed E-state index contributed by atoms with van der Waals surface area (Å²) in [5, 5.41) is 22.0. The first kappa shape index (κ1) is 18.8. The van der Waals surface area contributed by atoms with Crippen molar-refractivity contribution in [2.75, 3.05) is 12.4 Å². The second-order valence-corrected chi connectivity index (χ2v) is 6.03. The Bertz CT molecular complexity index is 1130. The maximum Gasteiger partial charge on any atom is 0.266 e. The van der Waals surface area contributed by atoms with E-state index in [-0.39, 0.29) is 5.57 Å². The molecule has 1 N–H and O–H groups in total. The first-order chi connectivity index (χ1) is 13.7. The standard InChI is InChI=1S/C22H18N4O2/c1-28-21-10-5-3-8-19(21)25-22(27)16(14-24)13-17-15-26(12-6-11-23)20-9-4-2-7-18(17)20/h2-5,7-10,13,15H,6,12H2,1H3,(H,25,27). The molecule has 1 aromatic heterocycles. The minimum absolute atomic E-state index is 0.0194. The van der Waals surface area contributed by atoms with Crippen LogP contribution in [-0.2, 0) is 11.3 Å². The van der Waals surface area contributed by atoms with Crippen molar-refractivity contribution in [1.82, 2.24) is 4.57 Å². The zero-order valence-electron chi connectivity index (χ0n) is 15.3. The summed E-state index contributed by atoms with van der Waals surface area (Å²) in [4.78, 5) is 12.6. The minimum atomic E-state index is -0.513. The fourth-order valence-corrected chi connectivity index (χ4v) is 2.99. The van der Waals surface area contributed by atoms with Crippen molar-refractivity contribution in [3.8, 4) is 17.9 Å². The summed E-state index contributed by atoms with van der Waals surface area (Å²) in [6.07, 6.45) is 3.80. The number of hydrogen-bond acceptors (Lipinski definition) is 4. The maximum absolute atomic E-state index is 12.6. The first-order valence-electron chi connectivity index (χ1n) is 8.69. The van der Waals surface area contributed by atoms with E-state index in [1.807, 2.05) is 41.1 Å². The Hall–Kier alpha value is -4.03. The smallest absolute Gasteiger partial charge is 0.266 e. The number of ether oxygens (including phenoxy) is 1. The summed E-state index contributed by atoms with van der Waals surface area (Å²) in [6, 6.07) is 18.8. The van der Waals surface area contributed by atoms with Gasteiger partial charge >= 0.3 is 0 Å². The van der Waals surface area contributed by atoms with Crippen LogP contribution in [0.4, 0.5) is 5.69 Å². The van der Waals surface area contributed by atoms with E-state index in [2.05, 4.69) is 11.4 Å². The van der Waals surface area contributed by atoms with E-state index in [1.165, 1.54) is 7.11 Å². The molecule has 0 fully saturated rings. The molecule has 0 atom stereocenters. The number of aryl methyl sites for hydroxylation is 1. The van der Waals surface area contributed by atoms with Gasteiger partial charge in [-0.2, -0.15) is 10.5 Å². The molecule has 1 amide bonds. The molecule has 6 heteroatoms. The number of hydrogen-bond donors (Lipinski definition) is 1. The van der Waals surface area contributed by atoms with Gasteiger partial charge in [-0.15, -0.1) is 0 Å². The van der Waals surface area contributed by atoms with Crippen LogP contribution in [0.2, 0.25) is 0 Å². The van der Waals surface area contributed by atoms with E-state index in [9.17, 15) is 10.1 Å². The number of amides is 1. The van der Waals surface area contributed by atoms with Crippen LogP contribution in [-0.4, -0.2) is 17.6 Å². The Morgan fingerprint density at radius 1 is 1.18 bits per heavy atom. The van der Waals surface area contributed by atoms with Crippen LogP contribution in [0.5, 0.6) is 5.75 Å². The second-order valence-electron chi connectivity index (χ2n) is 6.03. The Labute approximate surface area is 162 Å². The third kappa shape index (κ3) is 3.87. The molecule has 0 spiro atoms. The van der Waals surface area contributed by atoms with Gasteiger partial charge in [0.1, 0.15) is 17.4 Å².